The van der Waals surface area contributed by atoms with Crippen LogP contribution in [0.2, 0.25) is 0 Å². The monoisotopic (exact) mass is 348 g/mol. The molecule has 126 valence electrons. The summed E-state index contributed by atoms with van der Waals surface area (Å²) in [6, 6.07) is 7.37. The Balaban J connectivity index is 2.11. The van der Waals surface area contributed by atoms with Crippen LogP contribution in [0.5, 0.6) is 0 Å². The van der Waals surface area contributed by atoms with Crippen LogP contribution in [0.1, 0.15) is 27.9 Å². The van der Waals surface area contributed by atoms with Gasteiger partial charge in [0.05, 0.1) is 16.8 Å². The quantitative estimate of drug-likeness (QED) is 0.685. The number of hydrogen-bond acceptors (Lipinski definition) is 2. The number of rotatable bonds is 4. The minimum absolute atomic E-state index is 0.110. The fourth-order valence-electron chi connectivity index (χ4n) is 2.67. The first kappa shape index (κ1) is 16.6. The van der Waals surface area contributed by atoms with Crippen LogP contribution < -0.4 is 0 Å². The predicted molar refractivity (Wildman–Crippen MR) is 92.6 cm³/mol. The summed E-state index contributed by atoms with van der Waals surface area (Å²) < 4.78 is 30.0. The van der Waals surface area contributed by atoms with E-state index in [2.05, 4.69) is 0 Å². The number of benzene rings is 1. The molecular weight excluding hydrogens is 330 g/mol. The van der Waals surface area contributed by atoms with Crippen LogP contribution in [0.4, 0.5) is 8.78 Å². The van der Waals surface area contributed by atoms with Gasteiger partial charge >= 0.3 is 0 Å². The Morgan fingerprint density at radius 1 is 1.25 bits per heavy atom. The fourth-order valence-corrected chi connectivity index (χ4v) is 3.63. The molecule has 1 aromatic carbocycles. The normalized spacial score (nSPS) is 11.2. The summed E-state index contributed by atoms with van der Waals surface area (Å²) in [6.07, 6.45) is 0. The minimum Gasteiger partial charge on any atom is -0.341 e. The molecule has 3 aromatic rings. The molecule has 3 nitrogen and oxygen atoms in total. The van der Waals surface area contributed by atoms with E-state index in [1.165, 1.54) is 12.1 Å². The maximum Gasteiger partial charge on any atom is 0.270 e. The number of nitrogens with zero attached hydrogens (tertiary/aromatic N) is 2. The molecule has 0 bridgehead atoms. The number of hydrogen-bond donors (Lipinski definition) is 0. The highest BCUT2D eigenvalue weighted by molar-refractivity contribution is 7.19. The zero-order chi connectivity index (χ0) is 17.4. The fraction of sp³-hybridized carbons (Fsp3) is 0.278. The lowest BCUT2D eigenvalue weighted by atomic mass is 10.2. The second-order valence-corrected chi connectivity index (χ2v) is 7.07. The molecule has 0 radical (unpaired) electrons. The summed E-state index contributed by atoms with van der Waals surface area (Å²) in [5.74, 6) is -1.32. The highest BCUT2D eigenvalue weighted by Gasteiger charge is 2.20. The number of halogens is 2. The van der Waals surface area contributed by atoms with Gasteiger partial charge in [-0.05, 0) is 32.0 Å². The standard InChI is InChI=1S/C18H18F2N2OS/c1-4-21(3)18(23)16-9-17-15(7-11(2)24-17)22(16)10-12-5-6-13(19)8-14(12)20/h5-9H,4,10H2,1-3H3. The van der Waals surface area contributed by atoms with Crippen molar-refractivity contribution in [3.8, 4) is 0 Å². The van der Waals surface area contributed by atoms with Crippen molar-refractivity contribution in [2.75, 3.05) is 13.6 Å². The van der Waals surface area contributed by atoms with Crippen molar-refractivity contribution < 1.29 is 13.6 Å². The second-order valence-electron chi connectivity index (χ2n) is 5.78. The molecule has 2 heterocycles. The molecule has 0 saturated heterocycles. The maximum atomic E-state index is 14.1. The number of aryl methyl sites for hydroxylation is 1. The average Bonchev–Trinajstić information content (AvgIpc) is 3.05. The van der Waals surface area contributed by atoms with Gasteiger partial charge in [0.2, 0.25) is 0 Å². The molecule has 0 aliphatic heterocycles. The third-order valence-electron chi connectivity index (χ3n) is 4.10. The molecule has 0 aliphatic rings. The zero-order valence-corrected chi connectivity index (χ0v) is 14.6. The van der Waals surface area contributed by atoms with Crippen LogP contribution in [0.25, 0.3) is 10.2 Å². The van der Waals surface area contributed by atoms with Gasteiger partial charge in [-0.2, -0.15) is 0 Å². The van der Waals surface area contributed by atoms with E-state index < -0.39 is 11.6 Å². The molecule has 0 unspecified atom stereocenters. The molecule has 6 heteroatoms. The third kappa shape index (κ3) is 2.94. The van der Waals surface area contributed by atoms with Crippen molar-refractivity contribution in [2.24, 2.45) is 0 Å². The van der Waals surface area contributed by atoms with Gasteiger partial charge in [0.25, 0.3) is 5.91 Å². The van der Waals surface area contributed by atoms with Gasteiger partial charge in [-0.3, -0.25) is 4.79 Å². The number of amides is 1. The largest absolute Gasteiger partial charge is 0.341 e. The van der Waals surface area contributed by atoms with Gasteiger partial charge in [-0.1, -0.05) is 6.07 Å². The van der Waals surface area contributed by atoms with Gasteiger partial charge in [-0.25, -0.2) is 8.78 Å². The molecule has 0 saturated carbocycles. The summed E-state index contributed by atoms with van der Waals surface area (Å²) in [5.41, 5.74) is 1.77. The Morgan fingerprint density at radius 2 is 2.00 bits per heavy atom. The van der Waals surface area contributed by atoms with Crippen LogP contribution in [0.3, 0.4) is 0 Å². The lowest BCUT2D eigenvalue weighted by Gasteiger charge is -2.17. The molecule has 0 N–H and O–H groups in total. The van der Waals surface area contributed by atoms with Crippen LogP contribution >= 0.6 is 11.3 Å². The lowest BCUT2D eigenvalue weighted by Crippen LogP contribution is -2.28. The zero-order valence-electron chi connectivity index (χ0n) is 13.8. The molecular formula is C18H18F2N2OS. The number of aromatic nitrogens is 1. The number of fused-ring (bicyclic) bond motifs is 1. The lowest BCUT2D eigenvalue weighted by molar-refractivity contribution is 0.0792. The van der Waals surface area contributed by atoms with Gasteiger partial charge in [-0.15, -0.1) is 11.3 Å². The van der Waals surface area contributed by atoms with E-state index in [9.17, 15) is 13.6 Å². The molecule has 0 fully saturated rings. The maximum absolute atomic E-state index is 14.1. The summed E-state index contributed by atoms with van der Waals surface area (Å²) >= 11 is 1.60. The summed E-state index contributed by atoms with van der Waals surface area (Å²) in [6.45, 7) is 4.66. The van der Waals surface area contributed by atoms with E-state index in [1.807, 2.05) is 30.5 Å². The van der Waals surface area contributed by atoms with Crippen LogP contribution in [-0.2, 0) is 6.54 Å². The van der Waals surface area contributed by atoms with Gasteiger partial charge in [0.15, 0.2) is 0 Å². The van der Waals surface area contributed by atoms with Gasteiger partial charge < -0.3 is 9.47 Å². The number of thiophene rings is 1. The summed E-state index contributed by atoms with van der Waals surface area (Å²) in [5, 5.41) is 0. The highest BCUT2D eigenvalue weighted by atomic mass is 32.1. The predicted octanol–water partition coefficient (Wildman–Crippen LogP) is 4.43. The first-order valence-electron chi connectivity index (χ1n) is 7.69. The molecule has 3 rings (SSSR count). The van der Waals surface area contributed by atoms with Gasteiger partial charge in [0.1, 0.15) is 17.3 Å². The smallest absolute Gasteiger partial charge is 0.270 e. The molecule has 1 amide bonds. The minimum atomic E-state index is -0.609. The molecule has 0 spiro atoms. The molecule has 0 aliphatic carbocycles. The van der Waals surface area contributed by atoms with E-state index in [1.54, 1.807) is 23.3 Å². The molecule has 0 atom stereocenters. The van der Waals surface area contributed by atoms with E-state index in [0.717, 1.165) is 21.2 Å². The van der Waals surface area contributed by atoms with Crippen molar-refractivity contribution in [1.29, 1.82) is 0 Å². The van der Waals surface area contributed by atoms with E-state index >= 15 is 0 Å². The topological polar surface area (TPSA) is 25.2 Å². The van der Waals surface area contributed by atoms with Crippen molar-refractivity contribution >= 4 is 27.5 Å². The van der Waals surface area contributed by atoms with Gasteiger partial charge in [0, 0.05) is 30.1 Å². The van der Waals surface area contributed by atoms with E-state index in [-0.39, 0.29) is 12.5 Å². The Kier molecular flexibility index (Phi) is 4.41. The van der Waals surface area contributed by atoms with Crippen molar-refractivity contribution in [1.82, 2.24) is 9.47 Å². The SMILES string of the molecule is CCN(C)C(=O)c1cc2sc(C)cc2n1Cc1ccc(F)cc1F. The third-order valence-corrected chi connectivity index (χ3v) is 5.08. The van der Waals surface area contributed by atoms with E-state index in [0.29, 0.717) is 17.8 Å². The Morgan fingerprint density at radius 3 is 2.67 bits per heavy atom. The average molecular weight is 348 g/mol. The van der Waals surface area contributed by atoms with E-state index in [4.69, 9.17) is 0 Å². The van der Waals surface area contributed by atoms with Crippen LogP contribution in [0.15, 0.2) is 30.3 Å². The van der Waals surface area contributed by atoms with Crippen molar-refractivity contribution in [3.05, 3.63) is 58.1 Å². The van der Waals surface area contributed by atoms with Crippen LogP contribution in [0, 0.1) is 18.6 Å². The summed E-state index contributed by atoms with van der Waals surface area (Å²) in [7, 11) is 1.73. The Bertz CT molecular complexity index is 913. The van der Waals surface area contributed by atoms with Crippen LogP contribution in [-0.4, -0.2) is 29.0 Å². The Hall–Kier alpha value is -2.21. The Labute approximate surface area is 143 Å². The van der Waals surface area contributed by atoms with Crippen molar-refractivity contribution in [3.63, 3.8) is 0 Å². The number of carbonyl (C=O) groups excluding carboxylic acids is 1. The second kappa shape index (κ2) is 6.36. The summed E-state index contributed by atoms with van der Waals surface area (Å²) in [4.78, 5) is 15.4. The molecule has 2 aromatic heterocycles. The highest BCUT2D eigenvalue weighted by Crippen LogP contribution is 2.30. The first-order valence-corrected chi connectivity index (χ1v) is 8.51. The van der Waals surface area contributed by atoms with Crippen molar-refractivity contribution in [2.45, 2.75) is 20.4 Å². The first-order chi connectivity index (χ1) is 11.4. The molecule has 24 heavy (non-hydrogen) atoms. The number of carbonyl (C=O) groups is 1.